The highest BCUT2D eigenvalue weighted by atomic mass is 16.2. The fourth-order valence-electron chi connectivity index (χ4n) is 2.31. The topological polar surface area (TPSA) is 32.3 Å². The predicted octanol–water partition coefficient (Wildman–Crippen LogP) is 2.14. The minimum atomic E-state index is -0.0741. The molecule has 0 bridgehead atoms. The molecule has 0 aromatic heterocycles. The Morgan fingerprint density at radius 2 is 2.11 bits per heavy atom. The molecular formula is C16H24N2O. The van der Waals surface area contributed by atoms with E-state index in [4.69, 9.17) is 0 Å². The molecule has 0 spiro atoms. The van der Waals surface area contributed by atoms with Gasteiger partial charge in [0.1, 0.15) is 0 Å². The highest BCUT2D eigenvalue weighted by Gasteiger charge is 2.44. The van der Waals surface area contributed by atoms with Crippen molar-refractivity contribution in [1.29, 1.82) is 0 Å². The molecule has 1 fully saturated rings. The molecule has 0 unspecified atom stereocenters. The summed E-state index contributed by atoms with van der Waals surface area (Å²) in [5, 5.41) is 3.24. The number of nitrogens with zero attached hydrogens (tertiary/aromatic N) is 1. The van der Waals surface area contributed by atoms with Gasteiger partial charge in [0.25, 0.3) is 0 Å². The molecule has 2 rings (SSSR count). The summed E-state index contributed by atoms with van der Waals surface area (Å²) in [6.07, 6.45) is 3.13. The molecule has 1 aliphatic carbocycles. The summed E-state index contributed by atoms with van der Waals surface area (Å²) in [6.45, 7) is 4.05. The number of benzene rings is 1. The zero-order valence-corrected chi connectivity index (χ0v) is 12.4. The summed E-state index contributed by atoms with van der Waals surface area (Å²) in [5.74, 6) is 0.134. The summed E-state index contributed by atoms with van der Waals surface area (Å²) in [4.78, 5) is 14.1. The molecule has 3 heteroatoms. The third-order valence-electron chi connectivity index (χ3n) is 4.02. The van der Waals surface area contributed by atoms with Gasteiger partial charge in [-0.25, -0.2) is 0 Å². The minimum absolute atomic E-state index is 0.00907. The lowest BCUT2D eigenvalue weighted by molar-refractivity contribution is -0.126. The molecule has 19 heavy (non-hydrogen) atoms. The van der Waals surface area contributed by atoms with E-state index in [0.717, 1.165) is 19.3 Å². The van der Waals surface area contributed by atoms with Gasteiger partial charge in [0.05, 0.1) is 6.04 Å². The predicted molar refractivity (Wildman–Crippen MR) is 78.1 cm³/mol. The van der Waals surface area contributed by atoms with Gasteiger partial charge in [0.15, 0.2) is 0 Å². The standard InChI is InChI=1S/C16H24N2O/c1-12-6-5-7-14(10-12)11-16(8-9-16)17-15(19)13(2)18(3)4/h5-7,10,13H,8-9,11H2,1-4H3,(H,17,19)/t13-/m1/s1. The van der Waals surface area contributed by atoms with E-state index in [1.165, 1.54) is 11.1 Å². The lowest BCUT2D eigenvalue weighted by Crippen LogP contribution is -2.47. The molecule has 1 N–H and O–H groups in total. The van der Waals surface area contributed by atoms with Gasteiger partial charge in [-0.2, -0.15) is 0 Å². The van der Waals surface area contributed by atoms with Crippen molar-refractivity contribution >= 4 is 5.91 Å². The Bertz CT molecular complexity index is 464. The summed E-state index contributed by atoms with van der Waals surface area (Å²) < 4.78 is 0. The number of hydrogen-bond acceptors (Lipinski definition) is 2. The van der Waals surface area contributed by atoms with E-state index in [2.05, 4.69) is 36.5 Å². The van der Waals surface area contributed by atoms with Crippen LogP contribution in [0.1, 0.15) is 30.9 Å². The van der Waals surface area contributed by atoms with E-state index in [-0.39, 0.29) is 17.5 Å². The monoisotopic (exact) mass is 260 g/mol. The normalized spacial score (nSPS) is 18.2. The van der Waals surface area contributed by atoms with Crippen molar-refractivity contribution in [2.45, 2.75) is 44.7 Å². The van der Waals surface area contributed by atoms with Gasteiger partial charge in [-0.15, -0.1) is 0 Å². The molecule has 0 radical (unpaired) electrons. The molecule has 1 aromatic rings. The van der Waals surface area contributed by atoms with Crippen molar-refractivity contribution < 1.29 is 4.79 Å². The van der Waals surface area contributed by atoms with Crippen molar-refractivity contribution in [1.82, 2.24) is 10.2 Å². The average molecular weight is 260 g/mol. The van der Waals surface area contributed by atoms with Crippen LogP contribution < -0.4 is 5.32 Å². The number of carbonyl (C=O) groups is 1. The van der Waals surface area contributed by atoms with Gasteiger partial charge >= 0.3 is 0 Å². The Labute approximate surface area is 116 Å². The molecule has 0 heterocycles. The highest BCUT2D eigenvalue weighted by molar-refractivity contribution is 5.82. The van der Waals surface area contributed by atoms with Crippen LogP contribution in [0, 0.1) is 6.92 Å². The number of carbonyl (C=O) groups excluding carboxylic acids is 1. The Balaban J connectivity index is 1.98. The Kier molecular flexibility index (Phi) is 3.95. The van der Waals surface area contributed by atoms with Crippen LogP contribution in [-0.2, 0) is 11.2 Å². The molecule has 1 aliphatic rings. The fourth-order valence-corrected chi connectivity index (χ4v) is 2.31. The van der Waals surface area contributed by atoms with E-state index in [0.29, 0.717) is 0 Å². The molecule has 1 aromatic carbocycles. The van der Waals surface area contributed by atoms with Crippen LogP contribution in [0.15, 0.2) is 24.3 Å². The van der Waals surface area contributed by atoms with Crippen LogP contribution in [0.3, 0.4) is 0 Å². The quantitative estimate of drug-likeness (QED) is 0.879. The summed E-state index contributed by atoms with van der Waals surface area (Å²) in [6, 6.07) is 8.48. The van der Waals surface area contributed by atoms with E-state index < -0.39 is 0 Å². The van der Waals surface area contributed by atoms with Gasteiger partial charge in [-0.3, -0.25) is 9.69 Å². The Morgan fingerprint density at radius 3 is 2.63 bits per heavy atom. The Hall–Kier alpha value is -1.35. The van der Waals surface area contributed by atoms with E-state index in [9.17, 15) is 4.79 Å². The lowest BCUT2D eigenvalue weighted by Gasteiger charge is -2.24. The molecule has 104 valence electrons. The van der Waals surface area contributed by atoms with Crippen molar-refractivity contribution in [3.05, 3.63) is 35.4 Å². The minimum Gasteiger partial charge on any atom is -0.349 e. The maximum Gasteiger partial charge on any atom is 0.237 e. The van der Waals surface area contributed by atoms with Crippen LogP contribution in [-0.4, -0.2) is 36.5 Å². The van der Waals surface area contributed by atoms with Crippen molar-refractivity contribution in [2.24, 2.45) is 0 Å². The third kappa shape index (κ3) is 3.57. The van der Waals surface area contributed by atoms with Crippen molar-refractivity contribution in [2.75, 3.05) is 14.1 Å². The van der Waals surface area contributed by atoms with Gasteiger partial charge in [0, 0.05) is 5.54 Å². The number of amides is 1. The molecule has 1 amide bonds. The zero-order valence-electron chi connectivity index (χ0n) is 12.4. The SMILES string of the molecule is Cc1cccc(CC2(NC(=O)[C@@H](C)N(C)C)CC2)c1. The van der Waals surface area contributed by atoms with E-state index >= 15 is 0 Å². The first-order valence-electron chi connectivity index (χ1n) is 6.96. The van der Waals surface area contributed by atoms with Crippen molar-refractivity contribution in [3.63, 3.8) is 0 Å². The second-order valence-electron chi connectivity index (χ2n) is 6.07. The highest BCUT2D eigenvalue weighted by Crippen LogP contribution is 2.38. The first kappa shape index (κ1) is 14.1. The van der Waals surface area contributed by atoms with E-state index in [1.54, 1.807) is 0 Å². The number of hydrogen-bond donors (Lipinski definition) is 1. The largest absolute Gasteiger partial charge is 0.349 e. The average Bonchev–Trinajstić information content (AvgIpc) is 3.07. The maximum absolute atomic E-state index is 12.1. The lowest BCUT2D eigenvalue weighted by atomic mass is 10.0. The van der Waals surface area contributed by atoms with Gasteiger partial charge in [0.2, 0.25) is 5.91 Å². The van der Waals surface area contributed by atoms with Crippen LogP contribution >= 0.6 is 0 Å². The number of rotatable bonds is 5. The van der Waals surface area contributed by atoms with Crippen LogP contribution in [0.5, 0.6) is 0 Å². The number of nitrogens with one attached hydrogen (secondary N) is 1. The number of aryl methyl sites for hydroxylation is 1. The molecule has 0 aliphatic heterocycles. The van der Waals surface area contributed by atoms with Crippen molar-refractivity contribution in [3.8, 4) is 0 Å². The molecule has 3 nitrogen and oxygen atoms in total. The zero-order chi connectivity index (χ0) is 14.0. The van der Waals surface area contributed by atoms with Gasteiger partial charge in [-0.1, -0.05) is 29.8 Å². The maximum atomic E-state index is 12.1. The molecule has 1 atom stereocenters. The molecular weight excluding hydrogens is 236 g/mol. The molecule has 1 saturated carbocycles. The van der Waals surface area contributed by atoms with E-state index in [1.807, 2.05) is 25.9 Å². The van der Waals surface area contributed by atoms with Gasteiger partial charge in [-0.05, 0) is 52.8 Å². The molecule has 0 saturated heterocycles. The fraction of sp³-hybridized carbons (Fsp3) is 0.562. The third-order valence-corrected chi connectivity index (χ3v) is 4.02. The second-order valence-corrected chi connectivity index (χ2v) is 6.07. The second kappa shape index (κ2) is 5.33. The van der Waals surface area contributed by atoms with Crippen LogP contribution in [0.2, 0.25) is 0 Å². The number of likely N-dealkylation sites (N-methyl/N-ethyl adjacent to an activating group) is 1. The summed E-state index contributed by atoms with van der Waals surface area (Å²) >= 11 is 0. The smallest absolute Gasteiger partial charge is 0.237 e. The van der Waals surface area contributed by atoms with Crippen LogP contribution in [0.25, 0.3) is 0 Å². The first-order chi connectivity index (χ1) is 8.92. The van der Waals surface area contributed by atoms with Gasteiger partial charge < -0.3 is 5.32 Å². The summed E-state index contributed by atoms with van der Waals surface area (Å²) in [7, 11) is 3.87. The Morgan fingerprint density at radius 1 is 1.42 bits per heavy atom. The van der Waals surface area contributed by atoms with Crippen LogP contribution in [0.4, 0.5) is 0 Å². The summed E-state index contributed by atoms with van der Waals surface area (Å²) in [5.41, 5.74) is 2.60. The first-order valence-corrected chi connectivity index (χ1v) is 6.96.